The summed E-state index contributed by atoms with van der Waals surface area (Å²) in [5, 5.41) is 6.29. The fourth-order valence-electron chi connectivity index (χ4n) is 3.47. The summed E-state index contributed by atoms with van der Waals surface area (Å²) in [5.41, 5.74) is 0.0151. The minimum absolute atomic E-state index is 0.0151. The zero-order valence-corrected chi connectivity index (χ0v) is 13.2. The molecule has 0 radical (unpaired) electrons. The van der Waals surface area contributed by atoms with Crippen molar-refractivity contribution in [2.45, 2.75) is 31.7 Å². The van der Waals surface area contributed by atoms with E-state index in [1.165, 1.54) is 18.2 Å². The van der Waals surface area contributed by atoms with Gasteiger partial charge in [0.1, 0.15) is 17.3 Å². The molecular weight excluding hydrogens is 300 g/mol. The lowest BCUT2D eigenvalue weighted by Gasteiger charge is -2.20. The number of carbonyl (C=O) groups is 1. The van der Waals surface area contributed by atoms with Crippen molar-refractivity contribution < 1.29 is 13.6 Å². The molecule has 1 aromatic carbocycles. The van der Waals surface area contributed by atoms with E-state index in [4.69, 9.17) is 0 Å². The Hall–Kier alpha value is -1.69. The smallest absolute Gasteiger partial charge is 0.220 e. The Morgan fingerprint density at radius 3 is 2.78 bits per heavy atom. The number of hydrogen-bond acceptors (Lipinski definition) is 3. The van der Waals surface area contributed by atoms with E-state index in [0.29, 0.717) is 31.8 Å². The molecule has 0 bridgehead atoms. The number of nitrogens with one attached hydrogen (secondary N) is 2. The molecular formula is C17H23F2N3O. The van der Waals surface area contributed by atoms with Crippen molar-refractivity contribution in [1.82, 2.24) is 10.6 Å². The highest BCUT2D eigenvalue weighted by molar-refractivity contribution is 5.76. The maximum atomic E-state index is 13.8. The Bertz CT molecular complexity index is 541. The molecule has 6 heteroatoms. The first-order valence-corrected chi connectivity index (χ1v) is 8.32. The van der Waals surface area contributed by atoms with Gasteiger partial charge in [0.2, 0.25) is 5.91 Å². The standard InChI is InChI=1S/C17H23F2N3O/c18-14-2-1-3-15(19)17(14)22-9-7-13(11-22)21-16(23)5-4-12-6-8-20-10-12/h1-3,12-13,20H,4-11H2,(H,21,23). The predicted molar refractivity (Wildman–Crippen MR) is 85.3 cm³/mol. The van der Waals surface area contributed by atoms with E-state index in [1.54, 1.807) is 4.90 Å². The zero-order valence-electron chi connectivity index (χ0n) is 13.2. The van der Waals surface area contributed by atoms with Gasteiger partial charge in [0.25, 0.3) is 0 Å². The van der Waals surface area contributed by atoms with Crippen LogP contribution in [-0.2, 0) is 4.79 Å². The molecule has 1 amide bonds. The van der Waals surface area contributed by atoms with E-state index in [-0.39, 0.29) is 17.6 Å². The Labute approximate surface area is 135 Å². The summed E-state index contributed by atoms with van der Waals surface area (Å²) in [7, 11) is 0. The monoisotopic (exact) mass is 323 g/mol. The maximum Gasteiger partial charge on any atom is 0.220 e. The highest BCUT2D eigenvalue weighted by atomic mass is 19.1. The SMILES string of the molecule is O=C(CCC1CCNC1)NC1CCN(c2c(F)cccc2F)C1. The van der Waals surface area contributed by atoms with E-state index >= 15 is 0 Å². The van der Waals surface area contributed by atoms with Gasteiger partial charge < -0.3 is 15.5 Å². The quantitative estimate of drug-likeness (QED) is 0.872. The average Bonchev–Trinajstić information content (AvgIpc) is 3.17. The number of para-hydroxylation sites is 1. The maximum absolute atomic E-state index is 13.8. The number of rotatable bonds is 5. The van der Waals surface area contributed by atoms with Crippen LogP contribution in [0.1, 0.15) is 25.7 Å². The normalized spacial score (nSPS) is 24.2. The van der Waals surface area contributed by atoms with Crippen molar-refractivity contribution in [2.24, 2.45) is 5.92 Å². The Balaban J connectivity index is 1.48. The summed E-state index contributed by atoms with van der Waals surface area (Å²) in [6.07, 6.45) is 3.27. The summed E-state index contributed by atoms with van der Waals surface area (Å²) in [6, 6.07) is 3.85. The molecule has 2 heterocycles. The number of carbonyl (C=O) groups excluding carboxylic acids is 1. The Morgan fingerprint density at radius 1 is 1.30 bits per heavy atom. The van der Waals surface area contributed by atoms with Gasteiger partial charge in [0.15, 0.2) is 0 Å². The van der Waals surface area contributed by atoms with Gasteiger partial charge in [0.05, 0.1) is 0 Å². The van der Waals surface area contributed by atoms with E-state index in [1.807, 2.05) is 0 Å². The summed E-state index contributed by atoms with van der Waals surface area (Å²) in [4.78, 5) is 13.7. The first-order chi connectivity index (χ1) is 11.1. The highest BCUT2D eigenvalue weighted by Gasteiger charge is 2.27. The second-order valence-electron chi connectivity index (χ2n) is 6.47. The summed E-state index contributed by atoms with van der Waals surface area (Å²) in [5.74, 6) is -0.470. The van der Waals surface area contributed by atoms with Crippen LogP contribution in [0.4, 0.5) is 14.5 Å². The molecule has 4 nitrogen and oxygen atoms in total. The number of benzene rings is 1. The van der Waals surface area contributed by atoms with Gasteiger partial charge in [0, 0.05) is 25.6 Å². The van der Waals surface area contributed by atoms with Crippen LogP contribution in [0.25, 0.3) is 0 Å². The molecule has 0 saturated carbocycles. The lowest BCUT2D eigenvalue weighted by molar-refractivity contribution is -0.121. The minimum atomic E-state index is -0.550. The summed E-state index contributed by atoms with van der Waals surface area (Å²) in [6.45, 7) is 3.04. The third-order valence-corrected chi connectivity index (χ3v) is 4.75. The average molecular weight is 323 g/mol. The largest absolute Gasteiger partial charge is 0.365 e. The minimum Gasteiger partial charge on any atom is -0.365 e. The van der Waals surface area contributed by atoms with Crippen LogP contribution in [0.3, 0.4) is 0 Å². The molecule has 1 aromatic rings. The van der Waals surface area contributed by atoms with E-state index in [9.17, 15) is 13.6 Å². The fourth-order valence-corrected chi connectivity index (χ4v) is 3.47. The van der Waals surface area contributed by atoms with Gasteiger partial charge in [-0.05, 0) is 50.4 Å². The van der Waals surface area contributed by atoms with E-state index in [2.05, 4.69) is 10.6 Å². The zero-order chi connectivity index (χ0) is 16.2. The second-order valence-corrected chi connectivity index (χ2v) is 6.47. The Kier molecular flexibility index (Phi) is 5.10. The summed E-state index contributed by atoms with van der Waals surface area (Å²) < 4.78 is 27.6. The lowest BCUT2D eigenvalue weighted by atomic mass is 10.0. The van der Waals surface area contributed by atoms with Crippen LogP contribution in [0.2, 0.25) is 0 Å². The molecule has 2 saturated heterocycles. The molecule has 0 aliphatic carbocycles. The first-order valence-electron chi connectivity index (χ1n) is 8.32. The van der Waals surface area contributed by atoms with Crippen LogP contribution in [0, 0.1) is 17.6 Å². The van der Waals surface area contributed by atoms with Gasteiger partial charge in [-0.3, -0.25) is 4.79 Å². The van der Waals surface area contributed by atoms with Crippen molar-refractivity contribution in [3.8, 4) is 0 Å². The molecule has 0 spiro atoms. The molecule has 0 aromatic heterocycles. The molecule has 2 aliphatic rings. The van der Waals surface area contributed by atoms with Crippen molar-refractivity contribution in [3.63, 3.8) is 0 Å². The summed E-state index contributed by atoms with van der Waals surface area (Å²) >= 11 is 0. The van der Waals surface area contributed by atoms with Crippen LogP contribution in [-0.4, -0.2) is 38.1 Å². The molecule has 2 unspecified atom stereocenters. The van der Waals surface area contributed by atoms with Crippen molar-refractivity contribution in [3.05, 3.63) is 29.8 Å². The molecule has 126 valence electrons. The van der Waals surface area contributed by atoms with E-state index < -0.39 is 11.6 Å². The third kappa shape index (κ3) is 3.99. The predicted octanol–water partition coefficient (Wildman–Crippen LogP) is 2.05. The van der Waals surface area contributed by atoms with Gasteiger partial charge in [-0.2, -0.15) is 0 Å². The van der Waals surface area contributed by atoms with Gasteiger partial charge in [-0.15, -0.1) is 0 Å². The third-order valence-electron chi connectivity index (χ3n) is 4.75. The molecule has 23 heavy (non-hydrogen) atoms. The topological polar surface area (TPSA) is 44.4 Å². The number of nitrogens with zero attached hydrogens (tertiary/aromatic N) is 1. The Morgan fingerprint density at radius 2 is 2.09 bits per heavy atom. The molecule has 3 rings (SSSR count). The van der Waals surface area contributed by atoms with Crippen molar-refractivity contribution in [2.75, 3.05) is 31.1 Å². The molecule has 2 aliphatic heterocycles. The van der Waals surface area contributed by atoms with Gasteiger partial charge in [-0.25, -0.2) is 8.78 Å². The highest BCUT2D eigenvalue weighted by Crippen LogP contribution is 2.26. The lowest BCUT2D eigenvalue weighted by Crippen LogP contribution is -2.37. The number of amides is 1. The number of hydrogen-bond donors (Lipinski definition) is 2. The fraction of sp³-hybridized carbons (Fsp3) is 0.588. The number of halogens is 2. The van der Waals surface area contributed by atoms with Crippen molar-refractivity contribution >= 4 is 11.6 Å². The van der Waals surface area contributed by atoms with Crippen LogP contribution < -0.4 is 15.5 Å². The number of anilines is 1. The first kappa shape index (κ1) is 16.2. The van der Waals surface area contributed by atoms with Crippen LogP contribution in [0.5, 0.6) is 0 Å². The van der Waals surface area contributed by atoms with Crippen molar-refractivity contribution in [1.29, 1.82) is 0 Å². The van der Waals surface area contributed by atoms with E-state index in [0.717, 1.165) is 25.9 Å². The molecule has 2 atom stereocenters. The second kappa shape index (κ2) is 7.25. The van der Waals surface area contributed by atoms with Crippen LogP contribution in [0.15, 0.2) is 18.2 Å². The molecule has 2 fully saturated rings. The van der Waals surface area contributed by atoms with Gasteiger partial charge in [-0.1, -0.05) is 6.07 Å². The molecule has 2 N–H and O–H groups in total. The van der Waals surface area contributed by atoms with Gasteiger partial charge >= 0.3 is 0 Å². The van der Waals surface area contributed by atoms with Crippen LogP contribution >= 0.6 is 0 Å².